The van der Waals surface area contributed by atoms with E-state index in [-0.39, 0.29) is 23.7 Å². The maximum absolute atomic E-state index is 12.5. The van der Waals surface area contributed by atoms with Crippen LogP contribution in [0.15, 0.2) is 54.9 Å². The summed E-state index contributed by atoms with van der Waals surface area (Å²) in [6, 6.07) is 11.3. The zero-order valence-electron chi connectivity index (χ0n) is 21.1. The Kier molecular flexibility index (Phi) is 10.3. The largest absolute Gasteiger partial charge is 0.507 e. The van der Waals surface area contributed by atoms with Crippen LogP contribution >= 0.6 is 0 Å². The van der Waals surface area contributed by atoms with E-state index in [9.17, 15) is 18.3 Å². The number of ether oxygens (including phenoxy) is 2. The van der Waals surface area contributed by atoms with Crippen LogP contribution in [-0.4, -0.2) is 42.3 Å². The van der Waals surface area contributed by atoms with Crippen molar-refractivity contribution in [3.63, 3.8) is 0 Å². The molecule has 0 radical (unpaired) electrons. The normalized spacial score (nSPS) is 11.2. The summed E-state index contributed by atoms with van der Waals surface area (Å²) >= 11 is 0. The number of methoxy groups -OCH3 is 1. The molecule has 1 heterocycles. The lowest BCUT2D eigenvalue weighted by molar-refractivity contribution is 0.0597. The van der Waals surface area contributed by atoms with E-state index in [1.54, 1.807) is 30.6 Å². The summed E-state index contributed by atoms with van der Waals surface area (Å²) in [4.78, 5) is 20.5. The molecule has 198 valence electrons. The second-order valence-electron chi connectivity index (χ2n) is 8.64. The van der Waals surface area contributed by atoms with Crippen LogP contribution in [0.25, 0.3) is 11.4 Å². The number of anilines is 1. The van der Waals surface area contributed by atoms with Crippen LogP contribution in [0.2, 0.25) is 0 Å². The van der Waals surface area contributed by atoms with Crippen LogP contribution < -0.4 is 9.46 Å². The number of rotatable bonds is 14. The van der Waals surface area contributed by atoms with E-state index in [2.05, 4.69) is 26.4 Å². The first-order chi connectivity index (χ1) is 17.8. The smallest absolute Gasteiger partial charge is 0.341 e. The first kappa shape index (κ1) is 27.9. The highest BCUT2D eigenvalue weighted by Gasteiger charge is 2.14. The average molecular weight is 528 g/mol. The molecule has 0 aliphatic carbocycles. The number of sulfonamides is 1. The lowest BCUT2D eigenvalue weighted by atomic mass is 10.1. The van der Waals surface area contributed by atoms with Gasteiger partial charge in [-0.15, -0.1) is 0 Å². The van der Waals surface area contributed by atoms with Gasteiger partial charge in [-0.05, 0) is 36.8 Å². The number of nitrogens with one attached hydrogen (secondary N) is 1. The van der Waals surface area contributed by atoms with Crippen molar-refractivity contribution in [2.45, 2.75) is 52.1 Å². The van der Waals surface area contributed by atoms with E-state index in [1.807, 2.05) is 6.07 Å². The van der Waals surface area contributed by atoms with Crippen LogP contribution in [0.5, 0.6) is 11.5 Å². The van der Waals surface area contributed by atoms with Crippen molar-refractivity contribution in [1.29, 1.82) is 0 Å². The van der Waals surface area contributed by atoms with Gasteiger partial charge in [0.25, 0.3) is 0 Å². The van der Waals surface area contributed by atoms with Gasteiger partial charge in [-0.2, -0.15) is 0 Å². The Bertz CT molecular complexity index is 1280. The summed E-state index contributed by atoms with van der Waals surface area (Å²) in [6.45, 7) is 2.30. The maximum atomic E-state index is 12.5. The van der Waals surface area contributed by atoms with Crippen molar-refractivity contribution < 1.29 is 27.8 Å². The second-order valence-corrected chi connectivity index (χ2v) is 10.5. The highest BCUT2D eigenvalue weighted by molar-refractivity contribution is 7.92. The molecule has 0 amide bonds. The molecule has 3 rings (SSSR count). The Balaban J connectivity index is 1.57. The standard InChI is InChI=1S/C27H33N3O6S/c1-3-4-5-6-7-8-14-37(33,34)30-22-11-9-10-21(15-22)26-28-17-20(18-29-26)19-36-23-12-13-25(31)24(16-23)27(32)35-2/h9-13,15-18,30-31H,3-8,14,19H2,1-2H3. The fourth-order valence-corrected chi connectivity index (χ4v) is 4.82. The molecule has 0 aliphatic heterocycles. The van der Waals surface area contributed by atoms with Crippen LogP contribution in [0, 0.1) is 0 Å². The van der Waals surface area contributed by atoms with Crippen LogP contribution in [0.4, 0.5) is 5.69 Å². The SMILES string of the molecule is CCCCCCCCS(=O)(=O)Nc1cccc(-c2ncc(COc3ccc(O)c(C(=O)OC)c3)cn2)c1. The number of unbranched alkanes of at least 4 members (excludes halogenated alkanes) is 5. The minimum Gasteiger partial charge on any atom is -0.507 e. The monoisotopic (exact) mass is 527 g/mol. The highest BCUT2D eigenvalue weighted by Crippen LogP contribution is 2.25. The number of esters is 1. The maximum Gasteiger partial charge on any atom is 0.341 e. The van der Waals surface area contributed by atoms with Crippen molar-refractivity contribution in [1.82, 2.24) is 9.97 Å². The number of hydrogen-bond acceptors (Lipinski definition) is 8. The summed E-state index contributed by atoms with van der Waals surface area (Å²) < 4.78 is 37.9. The number of aromatic nitrogens is 2. The van der Waals surface area contributed by atoms with E-state index in [1.165, 1.54) is 31.7 Å². The van der Waals surface area contributed by atoms with Crippen molar-refractivity contribution in [2.75, 3.05) is 17.6 Å². The van der Waals surface area contributed by atoms with E-state index < -0.39 is 16.0 Å². The zero-order valence-corrected chi connectivity index (χ0v) is 22.0. The molecule has 0 saturated heterocycles. The molecule has 0 spiro atoms. The summed E-state index contributed by atoms with van der Waals surface area (Å²) in [6.07, 6.45) is 9.31. The molecule has 0 atom stereocenters. The van der Waals surface area contributed by atoms with Gasteiger partial charge in [0.15, 0.2) is 5.82 Å². The van der Waals surface area contributed by atoms with E-state index in [0.29, 0.717) is 34.8 Å². The van der Waals surface area contributed by atoms with Crippen LogP contribution in [-0.2, 0) is 21.4 Å². The molecule has 10 heteroatoms. The highest BCUT2D eigenvalue weighted by atomic mass is 32.2. The number of carbonyl (C=O) groups is 1. The first-order valence-electron chi connectivity index (χ1n) is 12.3. The molecule has 0 unspecified atom stereocenters. The van der Waals surface area contributed by atoms with Gasteiger partial charge < -0.3 is 14.6 Å². The minimum absolute atomic E-state index is 0.00840. The number of phenolic OH excluding ortho intramolecular Hbond substituents is 1. The number of carbonyl (C=O) groups excluding carboxylic acids is 1. The summed E-state index contributed by atoms with van der Waals surface area (Å²) in [5.74, 6) is 0.0550. The fraction of sp³-hybridized carbons (Fsp3) is 0.370. The van der Waals surface area contributed by atoms with E-state index in [0.717, 1.165) is 25.7 Å². The molecule has 0 bridgehead atoms. The Morgan fingerprint density at radius 1 is 1.00 bits per heavy atom. The van der Waals surface area contributed by atoms with Crippen molar-refractivity contribution in [3.8, 4) is 22.9 Å². The lowest BCUT2D eigenvalue weighted by Crippen LogP contribution is -2.16. The van der Waals surface area contributed by atoms with Gasteiger partial charge in [-0.25, -0.2) is 23.2 Å². The predicted molar refractivity (Wildman–Crippen MR) is 142 cm³/mol. The summed E-state index contributed by atoms with van der Waals surface area (Å²) in [7, 11) is -2.20. The average Bonchev–Trinajstić information content (AvgIpc) is 2.90. The third kappa shape index (κ3) is 8.75. The molecule has 2 aromatic carbocycles. The first-order valence-corrected chi connectivity index (χ1v) is 13.9. The molecule has 0 aliphatic rings. The zero-order chi connectivity index (χ0) is 26.7. The van der Waals surface area contributed by atoms with E-state index in [4.69, 9.17) is 4.74 Å². The number of benzene rings is 2. The van der Waals surface area contributed by atoms with Crippen LogP contribution in [0.3, 0.4) is 0 Å². The minimum atomic E-state index is -3.43. The van der Waals surface area contributed by atoms with Gasteiger partial charge in [0, 0.05) is 29.2 Å². The Morgan fingerprint density at radius 2 is 1.73 bits per heavy atom. The second kappa shape index (κ2) is 13.6. The van der Waals surface area contributed by atoms with Gasteiger partial charge in [0.05, 0.1) is 12.9 Å². The topological polar surface area (TPSA) is 128 Å². The molecule has 3 aromatic rings. The quantitative estimate of drug-likeness (QED) is 0.213. The molecular weight excluding hydrogens is 494 g/mol. The Labute approximate surface area is 217 Å². The lowest BCUT2D eigenvalue weighted by Gasteiger charge is -2.10. The molecule has 2 N–H and O–H groups in total. The van der Waals surface area contributed by atoms with Gasteiger partial charge in [-0.1, -0.05) is 51.2 Å². The molecule has 37 heavy (non-hydrogen) atoms. The number of nitrogens with zero attached hydrogens (tertiary/aromatic N) is 2. The fourth-order valence-electron chi connectivity index (χ4n) is 3.65. The molecule has 0 saturated carbocycles. The number of hydrogen-bond donors (Lipinski definition) is 2. The molecular formula is C27H33N3O6S. The van der Waals surface area contributed by atoms with Gasteiger partial charge in [-0.3, -0.25) is 4.72 Å². The predicted octanol–water partition coefficient (Wildman–Crippen LogP) is 5.32. The molecule has 1 aromatic heterocycles. The third-order valence-corrected chi connectivity index (χ3v) is 7.02. The van der Waals surface area contributed by atoms with Crippen LogP contribution in [0.1, 0.15) is 61.4 Å². The van der Waals surface area contributed by atoms with Gasteiger partial charge >= 0.3 is 5.97 Å². The van der Waals surface area contributed by atoms with Crippen molar-refractivity contribution in [2.24, 2.45) is 0 Å². The van der Waals surface area contributed by atoms with E-state index >= 15 is 0 Å². The summed E-state index contributed by atoms with van der Waals surface area (Å²) in [5.41, 5.74) is 1.84. The molecule has 0 fully saturated rings. The van der Waals surface area contributed by atoms with Gasteiger partial charge in [0.2, 0.25) is 10.0 Å². The van der Waals surface area contributed by atoms with Crippen molar-refractivity contribution >= 4 is 21.7 Å². The Hall–Kier alpha value is -3.66. The molecule has 9 nitrogen and oxygen atoms in total. The number of aromatic hydroxyl groups is 1. The van der Waals surface area contributed by atoms with Gasteiger partial charge in [0.1, 0.15) is 23.7 Å². The third-order valence-electron chi connectivity index (χ3n) is 5.64. The van der Waals surface area contributed by atoms with Crippen molar-refractivity contribution in [3.05, 3.63) is 66.0 Å². The number of phenols is 1. The summed E-state index contributed by atoms with van der Waals surface area (Å²) in [5, 5.41) is 9.80. The Morgan fingerprint density at radius 3 is 2.46 bits per heavy atom.